The molecule has 0 radical (unpaired) electrons. The average molecular weight is 1390 g/mol. The minimum absolute atomic E-state index is 0.155. The van der Waals surface area contributed by atoms with Gasteiger partial charge in [0.2, 0.25) is 0 Å². The molecule has 0 amide bonds. The van der Waals surface area contributed by atoms with Crippen LogP contribution in [0.15, 0.2) is 205 Å². The summed E-state index contributed by atoms with van der Waals surface area (Å²) >= 11 is 0. The Morgan fingerprint density at radius 1 is 0.452 bits per heavy atom. The van der Waals surface area contributed by atoms with Crippen molar-refractivity contribution >= 4 is 99.9 Å². The third-order valence-corrected chi connectivity index (χ3v) is 20.2. The molecule has 2 aromatic heterocycles. The van der Waals surface area contributed by atoms with Crippen molar-refractivity contribution in [2.24, 2.45) is 17.0 Å². The van der Waals surface area contributed by atoms with E-state index in [1.165, 1.54) is 33.1 Å². The van der Waals surface area contributed by atoms with Crippen LogP contribution in [0.4, 0.5) is 0 Å². The highest BCUT2D eigenvalue weighted by molar-refractivity contribution is 6.23. The predicted octanol–water partition coefficient (Wildman–Crippen LogP) is 20.4. The van der Waals surface area contributed by atoms with Crippen LogP contribution in [-0.2, 0) is 41.8 Å². The molecule has 14 heteroatoms. The third-order valence-electron chi connectivity index (χ3n) is 20.2. The van der Waals surface area contributed by atoms with Gasteiger partial charge in [-0.05, 0) is 155 Å². The Morgan fingerprint density at radius 2 is 0.904 bits per heavy atom. The van der Waals surface area contributed by atoms with Gasteiger partial charge in [0.05, 0.1) is 37.6 Å². The van der Waals surface area contributed by atoms with Crippen LogP contribution in [-0.4, -0.2) is 78.0 Å². The van der Waals surface area contributed by atoms with E-state index in [0.717, 1.165) is 156 Å². The third kappa shape index (κ3) is 16.5. The summed E-state index contributed by atoms with van der Waals surface area (Å²) in [4.78, 5) is 65.3. The van der Waals surface area contributed by atoms with Gasteiger partial charge in [-0.3, -0.25) is 14.4 Å². The van der Waals surface area contributed by atoms with Crippen LogP contribution >= 0.6 is 0 Å². The van der Waals surface area contributed by atoms with Crippen LogP contribution in [0.1, 0.15) is 165 Å². The van der Waals surface area contributed by atoms with Gasteiger partial charge in [-0.2, -0.15) is 0 Å². The minimum atomic E-state index is -0.512. The van der Waals surface area contributed by atoms with Gasteiger partial charge in [0, 0.05) is 105 Å². The Kier molecular flexibility index (Phi) is 24.3. The number of fused-ring (bicyclic) bond motifs is 8. The fourth-order valence-corrected chi connectivity index (χ4v) is 14.6. The number of nitrogens with zero attached hydrogens (tertiary/aromatic N) is 3. The van der Waals surface area contributed by atoms with E-state index >= 15 is 9.59 Å². The number of benzene rings is 10. The van der Waals surface area contributed by atoms with Crippen molar-refractivity contribution in [3.8, 4) is 11.5 Å². The van der Waals surface area contributed by atoms with Gasteiger partial charge in [-0.15, -0.1) is 0 Å². The lowest BCUT2D eigenvalue weighted by atomic mass is 9.93. The summed E-state index contributed by atoms with van der Waals surface area (Å²) in [6.07, 6.45) is 11.9. The first-order chi connectivity index (χ1) is 50.8. The summed E-state index contributed by atoms with van der Waals surface area (Å²) in [5.41, 5.74) is 16.0. The average Bonchev–Trinajstić information content (AvgIpc) is 1.62. The van der Waals surface area contributed by atoms with Crippen molar-refractivity contribution in [2.45, 2.75) is 126 Å². The molecule has 12 aromatic rings. The Labute approximate surface area is 609 Å². The second-order valence-electron chi connectivity index (χ2n) is 27.1. The van der Waals surface area contributed by atoms with E-state index < -0.39 is 11.9 Å². The van der Waals surface area contributed by atoms with Crippen LogP contribution in [0.25, 0.3) is 70.7 Å². The SMILES string of the molecule is CCCCC(CC)CCn1c2ccc(C(=O)c3c(OCCOCCOCCOc4ccc5ccccc5c4C(=O)c4ccc5c(c4)c4cc(/C(=N/OC(C)=O)c6ccccc6C)ccc4n5CC(CC)CCCC)ccc4ccccc34)cc2c2cc(/C(=C/NOC(C)=O)c3ccccc3C)ccc21. The molecule has 0 bridgehead atoms. The minimum Gasteiger partial charge on any atom is -0.490 e. The van der Waals surface area contributed by atoms with Crippen LogP contribution < -0.4 is 15.0 Å². The number of unbranched alkanes of at least 4 members (excludes halogenated alkanes) is 2. The van der Waals surface area contributed by atoms with Gasteiger partial charge in [-0.25, -0.2) is 10.3 Å². The summed E-state index contributed by atoms with van der Waals surface area (Å²) in [6, 6.07) is 64.4. The van der Waals surface area contributed by atoms with Crippen molar-refractivity contribution in [2.75, 3.05) is 39.6 Å². The lowest BCUT2D eigenvalue weighted by molar-refractivity contribution is -0.146. The summed E-state index contributed by atoms with van der Waals surface area (Å²) < 4.78 is 29.9. The number of nitrogens with one attached hydrogen (secondary N) is 1. The summed E-state index contributed by atoms with van der Waals surface area (Å²) in [6.45, 7) is 18.9. The zero-order chi connectivity index (χ0) is 72.6. The number of aryl methyl sites for hydroxylation is 3. The van der Waals surface area contributed by atoms with Gasteiger partial charge in [0.15, 0.2) is 11.6 Å². The monoisotopic (exact) mass is 1390 g/mol. The molecule has 534 valence electrons. The molecule has 0 fully saturated rings. The van der Waals surface area contributed by atoms with Crippen molar-refractivity contribution in [3.63, 3.8) is 0 Å². The lowest BCUT2D eigenvalue weighted by Crippen LogP contribution is -2.15. The number of oxime groups is 1. The molecule has 2 atom stereocenters. The number of carbonyl (C=O) groups is 4. The van der Waals surface area contributed by atoms with E-state index in [4.69, 9.17) is 28.6 Å². The first-order valence-corrected chi connectivity index (χ1v) is 36.9. The molecule has 0 spiro atoms. The standard InChI is InChI=1S/C90H94N4O10/c1-9-13-25-63(11-3)45-46-93-80-39-33-67(79(57-91-103-61(7)95)71-29-19-15-23-59(71)5)53-75(80)77-55-69(35-41-81(77)93)89(97)86-73-31-21-17-27-65(73)37-43-84(86)101-51-49-99-47-48-100-50-52-102-85-44-38-66-28-18-22-32-74(66)87(85)90(98)70-36-42-83-78(56-70)76-54-68(34-40-82(76)94(83)58-64(12-4)26-14-10-2)88(92-104-62(8)96)72-30-20-16-24-60(72)6/h15-24,27-44,53-57,63-64,91H,9-14,25-26,45-52,58H2,1-8H3/b79-57-,92-88-. The maximum Gasteiger partial charge on any atom is 0.332 e. The highest BCUT2D eigenvalue weighted by Crippen LogP contribution is 2.40. The highest BCUT2D eigenvalue weighted by atomic mass is 16.7. The van der Waals surface area contributed by atoms with E-state index in [0.29, 0.717) is 51.3 Å². The molecule has 0 aliphatic heterocycles. The molecule has 14 nitrogen and oxygen atoms in total. The van der Waals surface area contributed by atoms with Gasteiger partial charge in [0.25, 0.3) is 0 Å². The van der Waals surface area contributed by atoms with Gasteiger partial charge in [-0.1, -0.05) is 199 Å². The Bertz CT molecular complexity index is 5170. The van der Waals surface area contributed by atoms with E-state index in [-0.39, 0.29) is 51.2 Å². The lowest BCUT2D eigenvalue weighted by Gasteiger charge is -2.18. The quantitative estimate of drug-likeness (QED) is 0.0132. The first kappa shape index (κ1) is 73.1. The van der Waals surface area contributed by atoms with Crippen LogP contribution in [0, 0.1) is 25.7 Å². The van der Waals surface area contributed by atoms with Gasteiger partial charge >= 0.3 is 11.9 Å². The molecule has 10 aromatic carbocycles. The van der Waals surface area contributed by atoms with E-state index in [1.807, 2.05) is 146 Å². The number of hydrogen-bond donors (Lipinski definition) is 1. The number of ketones is 2. The van der Waals surface area contributed by atoms with Crippen molar-refractivity contribution in [3.05, 3.63) is 256 Å². The fraction of sp³-hybridized carbons (Fsp3) is 0.300. The van der Waals surface area contributed by atoms with Crippen molar-refractivity contribution in [1.82, 2.24) is 14.6 Å². The molecule has 12 rings (SSSR count). The van der Waals surface area contributed by atoms with Crippen molar-refractivity contribution in [1.29, 1.82) is 0 Å². The van der Waals surface area contributed by atoms with Crippen LogP contribution in [0.2, 0.25) is 0 Å². The molecule has 2 heterocycles. The fourth-order valence-electron chi connectivity index (χ4n) is 14.6. The number of rotatable bonds is 35. The Hall–Kier alpha value is -10.7. The molecule has 0 aliphatic rings. The summed E-state index contributed by atoms with van der Waals surface area (Å²) in [7, 11) is 0. The largest absolute Gasteiger partial charge is 0.490 e. The maximum absolute atomic E-state index is 15.3. The van der Waals surface area contributed by atoms with Crippen molar-refractivity contribution < 1.29 is 47.8 Å². The first-order valence-electron chi connectivity index (χ1n) is 36.9. The molecular formula is C90H94N4O10. The number of hydrogen-bond acceptors (Lipinski definition) is 12. The molecule has 104 heavy (non-hydrogen) atoms. The van der Waals surface area contributed by atoms with Crippen LogP contribution in [0.5, 0.6) is 11.5 Å². The molecule has 2 unspecified atom stereocenters. The number of aromatic nitrogens is 2. The Morgan fingerprint density at radius 3 is 1.41 bits per heavy atom. The highest BCUT2D eigenvalue weighted by Gasteiger charge is 2.26. The van der Waals surface area contributed by atoms with Gasteiger partial charge in [0.1, 0.15) is 30.4 Å². The zero-order valence-electron chi connectivity index (χ0n) is 61.2. The predicted molar refractivity (Wildman–Crippen MR) is 419 cm³/mol. The molecule has 1 N–H and O–H groups in total. The normalized spacial score (nSPS) is 12.6. The Balaban J connectivity index is 0.737. The summed E-state index contributed by atoms with van der Waals surface area (Å²) in [5, 5.41) is 11.7. The topological polar surface area (TPSA) is 158 Å². The summed E-state index contributed by atoms with van der Waals surface area (Å²) in [5.74, 6) is 0.685. The second-order valence-corrected chi connectivity index (χ2v) is 27.1. The zero-order valence-corrected chi connectivity index (χ0v) is 61.2. The molecular weight excluding hydrogens is 1300 g/mol. The second kappa shape index (κ2) is 34.5. The van der Waals surface area contributed by atoms with Gasteiger partial charge < -0.3 is 37.8 Å². The van der Waals surface area contributed by atoms with E-state index in [2.05, 4.69) is 109 Å². The van der Waals surface area contributed by atoms with E-state index in [1.54, 1.807) is 6.20 Å². The molecule has 0 saturated heterocycles. The molecule has 0 aliphatic carbocycles. The van der Waals surface area contributed by atoms with Crippen LogP contribution in [0.3, 0.4) is 0 Å². The number of carbonyl (C=O) groups excluding carboxylic acids is 4. The number of ether oxygens (including phenoxy) is 4. The van der Waals surface area contributed by atoms with E-state index in [9.17, 15) is 9.59 Å². The molecule has 0 saturated carbocycles. The smallest absolute Gasteiger partial charge is 0.332 e. The number of hydroxylamine groups is 1. The maximum atomic E-state index is 15.3.